The van der Waals surface area contributed by atoms with Crippen LogP contribution in [0.2, 0.25) is 0 Å². The molecule has 1 saturated heterocycles. The van der Waals surface area contributed by atoms with Crippen molar-refractivity contribution in [3.63, 3.8) is 0 Å². The fourth-order valence-corrected chi connectivity index (χ4v) is 5.26. The van der Waals surface area contributed by atoms with E-state index in [1.54, 1.807) is 18.4 Å². The molecule has 0 unspecified atom stereocenters. The highest BCUT2D eigenvalue weighted by molar-refractivity contribution is 7.11. The lowest BCUT2D eigenvalue weighted by atomic mass is 10.0. The number of ether oxygens (including phenoxy) is 2. The maximum Gasteiger partial charge on any atom is 0.490 e. The molecular weight excluding hydrogens is 545 g/mol. The molecule has 3 heterocycles. The Balaban J connectivity index is 0.000000470. The Kier molecular flexibility index (Phi) is 9.99. The van der Waals surface area contributed by atoms with E-state index in [9.17, 15) is 13.2 Å². The minimum Gasteiger partial charge on any atom is -0.475 e. The van der Waals surface area contributed by atoms with Crippen LogP contribution < -0.4 is 0 Å². The number of carboxylic acids is 1. The van der Waals surface area contributed by atoms with Crippen LogP contribution in [0.15, 0.2) is 29.6 Å². The van der Waals surface area contributed by atoms with Gasteiger partial charge in [-0.2, -0.15) is 18.3 Å². The Hall–Kier alpha value is -3.21. The average molecular weight is 577 g/mol. The molecule has 0 amide bonds. The van der Waals surface area contributed by atoms with Gasteiger partial charge in [0.15, 0.2) is 0 Å². The zero-order valence-electron chi connectivity index (χ0n) is 22.3. The van der Waals surface area contributed by atoms with Gasteiger partial charge in [-0.1, -0.05) is 30.0 Å². The second-order valence-electron chi connectivity index (χ2n) is 9.52. The van der Waals surface area contributed by atoms with E-state index in [2.05, 4.69) is 68.5 Å². The van der Waals surface area contributed by atoms with Gasteiger partial charge in [0.2, 0.25) is 0 Å². The molecule has 3 aromatic rings. The molecule has 1 aliphatic carbocycles. The van der Waals surface area contributed by atoms with E-state index in [0.29, 0.717) is 19.8 Å². The molecule has 0 saturated carbocycles. The van der Waals surface area contributed by atoms with Crippen LogP contribution in [0.1, 0.15) is 21.6 Å². The lowest BCUT2D eigenvalue weighted by Crippen LogP contribution is -2.43. The summed E-state index contributed by atoms with van der Waals surface area (Å²) >= 11 is 1.65. The normalized spacial score (nSPS) is 15.0. The molecule has 2 aromatic heterocycles. The predicted molar refractivity (Wildman–Crippen MR) is 146 cm³/mol. The van der Waals surface area contributed by atoms with Gasteiger partial charge in [-0.05, 0) is 24.2 Å². The van der Waals surface area contributed by atoms with Crippen LogP contribution >= 0.6 is 11.3 Å². The molecule has 8 nitrogen and oxygen atoms in total. The van der Waals surface area contributed by atoms with Gasteiger partial charge >= 0.3 is 12.1 Å². The second-order valence-corrected chi connectivity index (χ2v) is 10.4. The number of carboxylic acid groups (broad SMARTS) is 1. The standard InChI is InChI=1S/C26H30N4O2S.C2HF3O2/c1-29-7-9-30(10-8-29)17-19-5-6-23-20(14-19)16-24-25(27-28-26(23)24)21-15-22(33-18-21)4-3-11-32-13-12-31-2;3-2(4,5)1(6)7/h5-6,14-15,18H,7-13,16-17H2,1-2H3,(H,27,28);(H,6,7). The maximum atomic E-state index is 10.6. The first kappa shape index (κ1) is 29.8. The van der Waals surface area contributed by atoms with E-state index in [4.69, 9.17) is 19.4 Å². The van der Waals surface area contributed by atoms with Crippen LogP contribution in [-0.4, -0.2) is 97.4 Å². The number of nitrogens with zero attached hydrogens (tertiary/aromatic N) is 3. The highest BCUT2D eigenvalue weighted by Gasteiger charge is 2.38. The predicted octanol–water partition coefficient (Wildman–Crippen LogP) is 4.10. The maximum absolute atomic E-state index is 10.6. The van der Waals surface area contributed by atoms with Gasteiger partial charge in [0.1, 0.15) is 6.61 Å². The van der Waals surface area contributed by atoms with Crippen molar-refractivity contribution in [3.05, 3.63) is 51.2 Å². The molecule has 5 rings (SSSR count). The molecule has 0 atom stereocenters. The molecule has 214 valence electrons. The number of thiophene rings is 1. The number of nitrogens with one attached hydrogen (secondary N) is 1. The summed E-state index contributed by atoms with van der Waals surface area (Å²) in [6.45, 7) is 7.19. The summed E-state index contributed by atoms with van der Waals surface area (Å²) in [5.74, 6) is 3.51. The number of piperazine rings is 1. The first-order valence-corrected chi connectivity index (χ1v) is 13.6. The van der Waals surface area contributed by atoms with Gasteiger partial charge in [0, 0.05) is 68.3 Å². The van der Waals surface area contributed by atoms with E-state index in [-0.39, 0.29) is 0 Å². The first-order chi connectivity index (χ1) is 19.2. The van der Waals surface area contributed by atoms with Crippen molar-refractivity contribution >= 4 is 17.3 Å². The summed E-state index contributed by atoms with van der Waals surface area (Å²) in [6, 6.07) is 9.06. The number of benzene rings is 1. The fourth-order valence-electron chi connectivity index (χ4n) is 4.50. The summed E-state index contributed by atoms with van der Waals surface area (Å²) in [5, 5.41) is 17.2. The number of likely N-dealkylation sites (N-methyl/N-ethyl adjacent to an activating group) is 1. The number of rotatable bonds is 7. The fraction of sp³-hybridized carbons (Fsp3) is 0.429. The summed E-state index contributed by atoms with van der Waals surface area (Å²) in [5.41, 5.74) is 8.72. The van der Waals surface area contributed by atoms with Gasteiger partial charge in [0.05, 0.1) is 29.5 Å². The quantitative estimate of drug-likeness (QED) is 0.253. The molecule has 0 radical (unpaired) electrons. The minimum absolute atomic E-state index is 0.417. The van der Waals surface area contributed by atoms with Crippen molar-refractivity contribution in [1.82, 2.24) is 20.0 Å². The summed E-state index contributed by atoms with van der Waals surface area (Å²) in [4.78, 5) is 14.9. The van der Waals surface area contributed by atoms with Gasteiger partial charge in [-0.15, -0.1) is 11.3 Å². The van der Waals surface area contributed by atoms with Crippen LogP contribution in [0, 0.1) is 11.8 Å². The van der Waals surface area contributed by atoms with Crippen molar-refractivity contribution in [2.75, 3.05) is 60.2 Å². The molecule has 0 spiro atoms. The number of aromatic amines is 1. The number of aliphatic carboxylic acids is 1. The Morgan fingerprint density at radius 1 is 1.20 bits per heavy atom. The van der Waals surface area contributed by atoms with E-state index >= 15 is 0 Å². The Labute approximate surface area is 234 Å². The number of hydrogen-bond acceptors (Lipinski definition) is 7. The van der Waals surface area contributed by atoms with Gasteiger partial charge in [-0.3, -0.25) is 10.00 Å². The highest BCUT2D eigenvalue weighted by atomic mass is 32.1. The van der Waals surface area contributed by atoms with Crippen LogP contribution in [0.4, 0.5) is 13.2 Å². The summed E-state index contributed by atoms with van der Waals surface area (Å²) in [7, 11) is 3.87. The lowest BCUT2D eigenvalue weighted by molar-refractivity contribution is -0.192. The number of hydrogen-bond donors (Lipinski definition) is 2. The number of aromatic nitrogens is 2. The van der Waals surface area contributed by atoms with Crippen LogP contribution in [0.5, 0.6) is 0 Å². The van der Waals surface area contributed by atoms with E-state index < -0.39 is 12.1 Å². The zero-order valence-corrected chi connectivity index (χ0v) is 23.1. The number of H-pyrrole nitrogens is 1. The van der Waals surface area contributed by atoms with Gasteiger partial charge in [0.25, 0.3) is 0 Å². The number of carbonyl (C=O) groups is 1. The SMILES string of the molecule is COCCOCC#Cc1cc(-c2n[nH]c3c2Cc2cc(CN4CCN(C)CC4)ccc2-3)cs1.O=C(O)C(F)(F)F. The Bertz CT molecular complexity index is 1370. The minimum atomic E-state index is -5.08. The molecule has 12 heteroatoms. The van der Waals surface area contributed by atoms with Gasteiger partial charge in [-0.25, -0.2) is 4.79 Å². The largest absolute Gasteiger partial charge is 0.490 e. The van der Waals surface area contributed by atoms with Gasteiger partial charge < -0.3 is 19.5 Å². The van der Waals surface area contributed by atoms with E-state index in [1.807, 2.05) is 0 Å². The number of halogens is 3. The summed E-state index contributed by atoms with van der Waals surface area (Å²) in [6.07, 6.45) is -4.16. The number of fused-ring (bicyclic) bond motifs is 3. The molecule has 0 bridgehead atoms. The van der Waals surface area contributed by atoms with Crippen molar-refractivity contribution in [2.45, 2.75) is 19.1 Å². The summed E-state index contributed by atoms with van der Waals surface area (Å²) < 4.78 is 42.1. The monoisotopic (exact) mass is 576 g/mol. The molecule has 1 fully saturated rings. The Morgan fingerprint density at radius 3 is 2.65 bits per heavy atom. The Morgan fingerprint density at radius 2 is 1.95 bits per heavy atom. The molecule has 1 aliphatic heterocycles. The number of methoxy groups -OCH3 is 1. The average Bonchev–Trinajstić information content (AvgIpc) is 3.62. The zero-order chi connectivity index (χ0) is 28.7. The first-order valence-electron chi connectivity index (χ1n) is 12.7. The topological polar surface area (TPSA) is 90.9 Å². The van der Waals surface area contributed by atoms with Crippen molar-refractivity contribution in [1.29, 1.82) is 0 Å². The third-order valence-corrected chi connectivity index (χ3v) is 7.45. The van der Waals surface area contributed by atoms with Crippen LogP contribution in [-0.2, 0) is 27.2 Å². The lowest BCUT2D eigenvalue weighted by Gasteiger charge is -2.32. The highest BCUT2D eigenvalue weighted by Crippen LogP contribution is 2.41. The second kappa shape index (κ2) is 13.4. The van der Waals surface area contributed by atoms with Crippen molar-refractivity contribution in [3.8, 4) is 34.4 Å². The third kappa shape index (κ3) is 7.71. The molecule has 2 N–H and O–H groups in total. The molecule has 40 heavy (non-hydrogen) atoms. The molecule has 1 aromatic carbocycles. The third-order valence-electron chi connectivity index (χ3n) is 6.61. The molecular formula is C28H31F3N4O4S. The number of alkyl halides is 3. The van der Waals surface area contributed by atoms with Crippen LogP contribution in [0.25, 0.3) is 22.5 Å². The van der Waals surface area contributed by atoms with Crippen molar-refractivity contribution < 1.29 is 32.5 Å². The van der Waals surface area contributed by atoms with E-state index in [1.165, 1.54) is 22.3 Å². The van der Waals surface area contributed by atoms with E-state index in [0.717, 1.165) is 61.0 Å². The van der Waals surface area contributed by atoms with Crippen LogP contribution in [0.3, 0.4) is 0 Å². The smallest absolute Gasteiger partial charge is 0.475 e. The molecule has 2 aliphatic rings. The van der Waals surface area contributed by atoms with Crippen molar-refractivity contribution in [2.24, 2.45) is 0 Å².